The molecule has 2 nitrogen and oxygen atoms in total. The summed E-state index contributed by atoms with van der Waals surface area (Å²) in [7, 11) is -1.51. The fourth-order valence-electron chi connectivity index (χ4n) is 0.837. The van der Waals surface area contributed by atoms with Crippen LogP contribution < -0.4 is 5.46 Å². The highest BCUT2D eigenvalue weighted by molar-refractivity contribution is 6.58. The number of benzene rings is 1. The summed E-state index contributed by atoms with van der Waals surface area (Å²) < 4.78 is 12.0. The molecule has 0 heterocycles. The van der Waals surface area contributed by atoms with E-state index in [1.54, 1.807) is 12.1 Å². The van der Waals surface area contributed by atoms with Gasteiger partial charge in [-0.2, -0.15) is 0 Å². The van der Waals surface area contributed by atoms with Crippen molar-refractivity contribution in [1.82, 2.24) is 0 Å². The summed E-state index contributed by atoms with van der Waals surface area (Å²) in [5.41, 5.74) is 0.774. The Bertz CT molecular complexity index is 240. The average molecular weight is 154 g/mol. The molecule has 1 rings (SSSR count). The Morgan fingerprint density at radius 2 is 2.09 bits per heavy atom. The van der Waals surface area contributed by atoms with Crippen LogP contribution in [0, 0.1) is 0 Å². The Morgan fingerprint density at radius 3 is 2.64 bits per heavy atom. The molecule has 11 heavy (non-hydrogen) atoms. The van der Waals surface area contributed by atoms with Crippen LogP contribution in [-0.2, 0) is 6.67 Å². The number of rotatable bonds is 2. The second kappa shape index (κ2) is 3.50. The molecule has 0 aliphatic rings. The molecule has 0 fully saturated rings. The second-order valence-corrected chi connectivity index (χ2v) is 2.25. The van der Waals surface area contributed by atoms with Gasteiger partial charge in [-0.05, 0) is 11.0 Å². The van der Waals surface area contributed by atoms with Crippen LogP contribution in [0.25, 0.3) is 0 Å². The van der Waals surface area contributed by atoms with Crippen LogP contribution in [0.3, 0.4) is 0 Å². The van der Waals surface area contributed by atoms with Crippen molar-refractivity contribution in [2.24, 2.45) is 0 Å². The Kier molecular flexibility index (Phi) is 2.62. The van der Waals surface area contributed by atoms with E-state index in [0.717, 1.165) is 0 Å². The summed E-state index contributed by atoms with van der Waals surface area (Å²) in [6.45, 7) is -0.583. The molecule has 1 aromatic rings. The molecule has 4 heteroatoms. The summed E-state index contributed by atoms with van der Waals surface area (Å²) in [5.74, 6) is 0. The van der Waals surface area contributed by atoms with Crippen molar-refractivity contribution in [2.45, 2.75) is 6.67 Å². The monoisotopic (exact) mass is 154 g/mol. The normalized spacial score (nSPS) is 9.73. The fraction of sp³-hybridized carbons (Fsp3) is 0.143. The molecule has 0 saturated carbocycles. The minimum Gasteiger partial charge on any atom is -0.423 e. The Hall–Kier alpha value is -0.865. The Balaban J connectivity index is 2.91. The molecular weight excluding hydrogens is 146 g/mol. The molecule has 2 N–H and O–H groups in total. The van der Waals surface area contributed by atoms with Crippen LogP contribution in [-0.4, -0.2) is 17.2 Å². The predicted octanol–water partition coefficient (Wildman–Crippen LogP) is -0.164. The first kappa shape index (κ1) is 8.23. The van der Waals surface area contributed by atoms with E-state index in [2.05, 4.69) is 0 Å². The van der Waals surface area contributed by atoms with Crippen LogP contribution in [0.5, 0.6) is 0 Å². The van der Waals surface area contributed by atoms with Gasteiger partial charge in [0.15, 0.2) is 0 Å². The molecule has 0 aromatic heterocycles. The average Bonchev–Trinajstić information content (AvgIpc) is 2.05. The maximum absolute atomic E-state index is 12.0. The van der Waals surface area contributed by atoms with Crippen LogP contribution >= 0.6 is 0 Å². The van der Waals surface area contributed by atoms with Gasteiger partial charge in [-0.1, -0.05) is 24.3 Å². The first-order chi connectivity index (χ1) is 5.24. The van der Waals surface area contributed by atoms with Crippen molar-refractivity contribution in [2.75, 3.05) is 0 Å². The molecule has 0 aliphatic carbocycles. The SMILES string of the molecule is OB(O)c1cccc(CF)c1. The third-order valence-corrected chi connectivity index (χ3v) is 1.40. The first-order valence-corrected chi connectivity index (χ1v) is 3.25. The van der Waals surface area contributed by atoms with Gasteiger partial charge in [-0.15, -0.1) is 0 Å². The zero-order valence-electron chi connectivity index (χ0n) is 5.87. The first-order valence-electron chi connectivity index (χ1n) is 3.25. The van der Waals surface area contributed by atoms with E-state index in [9.17, 15) is 4.39 Å². The highest BCUT2D eigenvalue weighted by atomic mass is 19.1. The molecule has 0 saturated heterocycles. The summed E-state index contributed by atoms with van der Waals surface area (Å²) in [4.78, 5) is 0. The molecule has 0 atom stereocenters. The summed E-state index contributed by atoms with van der Waals surface area (Å²) >= 11 is 0. The van der Waals surface area contributed by atoms with Crippen molar-refractivity contribution in [3.8, 4) is 0 Å². The van der Waals surface area contributed by atoms with E-state index in [1.165, 1.54) is 12.1 Å². The van der Waals surface area contributed by atoms with Gasteiger partial charge < -0.3 is 10.0 Å². The van der Waals surface area contributed by atoms with Crippen molar-refractivity contribution >= 4 is 12.6 Å². The molecule has 0 amide bonds. The van der Waals surface area contributed by atoms with Gasteiger partial charge in [0.2, 0.25) is 0 Å². The van der Waals surface area contributed by atoms with Crippen molar-refractivity contribution in [1.29, 1.82) is 0 Å². The smallest absolute Gasteiger partial charge is 0.423 e. The molecule has 0 spiro atoms. The van der Waals surface area contributed by atoms with Gasteiger partial charge in [0.1, 0.15) is 6.67 Å². The molecule has 0 radical (unpaired) electrons. The Morgan fingerprint density at radius 1 is 1.36 bits per heavy atom. The van der Waals surface area contributed by atoms with Gasteiger partial charge in [0, 0.05) is 0 Å². The molecule has 0 unspecified atom stereocenters. The quantitative estimate of drug-likeness (QED) is 0.580. The number of alkyl halides is 1. The van der Waals surface area contributed by atoms with E-state index < -0.39 is 13.8 Å². The van der Waals surface area contributed by atoms with Crippen LogP contribution in [0.15, 0.2) is 24.3 Å². The lowest BCUT2D eigenvalue weighted by atomic mass is 9.80. The van der Waals surface area contributed by atoms with Gasteiger partial charge >= 0.3 is 7.12 Å². The maximum Gasteiger partial charge on any atom is 0.488 e. The summed E-state index contributed by atoms with van der Waals surface area (Å²) in [6.07, 6.45) is 0. The molecule has 1 aromatic carbocycles. The highest BCUT2D eigenvalue weighted by Crippen LogP contribution is 1.98. The number of halogens is 1. The van der Waals surface area contributed by atoms with Crippen molar-refractivity contribution < 1.29 is 14.4 Å². The largest absolute Gasteiger partial charge is 0.488 e. The highest BCUT2D eigenvalue weighted by Gasteiger charge is 2.09. The zero-order valence-corrected chi connectivity index (χ0v) is 5.87. The number of hydrogen-bond donors (Lipinski definition) is 2. The summed E-state index contributed by atoms with van der Waals surface area (Å²) in [6, 6.07) is 6.13. The lowest BCUT2D eigenvalue weighted by molar-refractivity contribution is 0.425. The minimum atomic E-state index is -1.51. The van der Waals surface area contributed by atoms with E-state index in [4.69, 9.17) is 10.0 Å². The Labute approximate surface area is 64.4 Å². The fourth-order valence-corrected chi connectivity index (χ4v) is 0.837. The standard InChI is InChI=1S/C7H8BFO2/c9-5-6-2-1-3-7(4-6)8(10)11/h1-4,10-11H,5H2. The molecule has 58 valence electrons. The van der Waals surface area contributed by atoms with E-state index in [0.29, 0.717) is 11.0 Å². The molecule has 0 aliphatic heterocycles. The maximum atomic E-state index is 12.0. The van der Waals surface area contributed by atoms with Gasteiger partial charge in [-0.3, -0.25) is 0 Å². The second-order valence-electron chi connectivity index (χ2n) is 2.25. The van der Waals surface area contributed by atoms with Gasteiger partial charge in [-0.25, -0.2) is 4.39 Å². The molecular formula is C7H8BFO2. The van der Waals surface area contributed by atoms with Crippen LogP contribution in [0.1, 0.15) is 5.56 Å². The predicted molar refractivity (Wildman–Crippen MR) is 41.1 cm³/mol. The van der Waals surface area contributed by atoms with Crippen LogP contribution in [0.2, 0.25) is 0 Å². The van der Waals surface area contributed by atoms with Crippen molar-refractivity contribution in [3.63, 3.8) is 0 Å². The third kappa shape index (κ3) is 2.03. The minimum absolute atomic E-state index is 0.320. The van der Waals surface area contributed by atoms with Crippen LogP contribution in [0.4, 0.5) is 4.39 Å². The third-order valence-electron chi connectivity index (χ3n) is 1.40. The van der Waals surface area contributed by atoms with Crippen molar-refractivity contribution in [3.05, 3.63) is 29.8 Å². The van der Waals surface area contributed by atoms with E-state index in [-0.39, 0.29) is 0 Å². The number of hydrogen-bond acceptors (Lipinski definition) is 2. The lowest BCUT2D eigenvalue weighted by Gasteiger charge is -1.99. The molecule has 0 bridgehead atoms. The zero-order chi connectivity index (χ0) is 8.27. The summed E-state index contributed by atoms with van der Waals surface area (Å²) in [5, 5.41) is 17.4. The topological polar surface area (TPSA) is 40.5 Å². The van der Waals surface area contributed by atoms with E-state index in [1.807, 2.05) is 0 Å². The van der Waals surface area contributed by atoms with Gasteiger partial charge in [0.05, 0.1) is 0 Å². The van der Waals surface area contributed by atoms with Gasteiger partial charge in [0.25, 0.3) is 0 Å². The lowest BCUT2D eigenvalue weighted by Crippen LogP contribution is -2.29. The van der Waals surface area contributed by atoms with E-state index >= 15 is 0 Å².